The zero-order chi connectivity index (χ0) is 15.0. The van der Waals surface area contributed by atoms with Crippen molar-refractivity contribution < 1.29 is 23.0 Å². The maximum Gasteiger partial charge on any atom is 0.586 e. The number of pyridine rings is 1. The third-order valence-electron chi connectivity index (χ3n) is 2.65. The lowest BCUT2D eigenvalue weighted by Gasteiger charge is -2.06. The number of anilines is 1. The molecule has 3 rings (SSSR count). The van der Waals surface area contributed by atoms with Crippen LogP contribution in [0, 0.1) is 0 Å². The van der Waals surface area contributed by atoms with E-state index in [4.69, 9.17) is 0 Å². The Labute approximate surface area is 126 Å². The molecule has 0 spiro atoms. The van der Waals surface area contributed by atoms with Gasteiger partial charge in [0.2, 0.25) is 0 Å². The monoisotopic (exact) mass is 356 g/mol. The smallest absolute Gasteiger partial charge is 0.395 e. The van der Waals surface area contributed by atoms with Crippen LogP contribution in [0.5, 0.6) is 11.5 Å². The molecular formula is C13H7BrF2N2O3. The first-order chi connectivity index (χ1) is 9.93. The summed E-state index contributed by atoms with van der Waals surface area (Å²) in [6.45, 7) is 0. The minimum atomic E-state index is -3.68. The Morgan fingerprint density at radius 3 is 2.67 bits per heavy atom. The number of fused-ring (bicyclic) bond motifs is 1. The van der Waals surface area contributed by atoms with Crippen LogP contribution < -0.4 is 14.8 Å². The number of nitrogens with one attached hydrogen (secondary N) is 1. The van der Waals surface area contributed by atoms with Crippen molar-refractivity contribution in [2.24, 2.45) is 0 Å². The van der Waals surface area contributed by atoms with Gasteiger partial charge >= 0.3 is 6.29 Å². The Morgan fingerprint density at radius 2 is 1.95 bits per heavy atom. The molecule has 0 unspecified atom stereocenters. The summed E-state index contributed by atoms with van der Waals surface area (Å²) in [6.07, 6.45) is -2.29. The van der Waals surface area contributed by atoms with E-state index >= 15 is 0 Å². The molecule has 0 radical (unpaired) electrons. The molecule has 1 aromatic carbocycles. The number of alkyl halides is 2. The van der Waals surface area contributed by atoms with E-state index in [1.807, 2.05) is 0 Å². The summed E-state index contributed by atoms with van der Waals surface area (Å²) < 4.78 is 35.0. The predicted octanol–water partition coefficient (Wildman–Crippen LogP) is 3.42. The molecule has 1 N–H and O–H groups in total. The molecule has 21 heavy (non-hydrogen) atoms. The lowest BCUT2D eigenvalue weighted by atomic mass is 10.2. The molecule has 1 aliphatic rings. The van der Waals surface area contributed by atoms with Gasteiger partial charge in [0.1, 0.15) is 4.60 Å². The fraction of sp³-hybridized carbons (Fsp3) is 0.0769. The van der Waals surface area contributed by atoms with Gasteiger partial charge in [-0.15, -0.1) is 8.78 Å². The van der Waals surface area contributed by atoms with Crippen LogP contribution in [0.4, 0.5) is 14.5 Å². The average molecular weight is 357 g/mol. The van der Waals surface area contributed by atoms with Gasteiger partial charge in [-0.25, -0.2) is 4.98 Å². The molecule has 1 aliphatic heterocycles. The molecule has 108 valence electrons. The maximum atomic E-state index is 12.9. The number of carbonyl (C=O) groups is 1. The standard InChI is InChI=1S/C13H7BrF2N2O3/c14-11-4-1-7(6-17-11)12(19)18-8-2-3-9-10(5-8)21-13(15,16)20-9/h1-6H,(H,18,19). The van der Waals surface area contributed by atoms with Crippen molar-refractivity contribution >= 4 is 27.5 Å². The molecule has 2 heterocycles. The van der Waals surface area contributed by atoms with E-state index in [0.717, 1.165) is 0 Å². The fourth-order valence-electron chi connectivity index (χ4n) is 1.74. The van der Waals surface area contributed by atoms with Crippen molar-refractivity contribution in [3.8, 4) is 11.5 Å². The summed E-state index contributed by atoms with van der Waals surface area (Å²) >= 11 is 3.16. The summed E-state index contributed by atoms with van der Waals surface area (Å²) in [5.74, 6) is -0.629. The summed E-state index contributed by atoms with van der Waals surface area (Å²) in [7, 11) is 0. The van der Waals surface area contributed by atoms with E-state index in [-0.39, 0.29) is 11.5 Å². The van der Waals surface area contributed by atoms with E-state index in [0.29, 0.717) is 15.9 Å². The van der Waals surface area contributed by atoms with Crippen molar-refractivity contribution in [2.75, 3.05) is 5.32 Å². The highest BCUT2D eigenvalue weighted by Gasteiger charge is 2.43. The van der Waals surface area contributed by atoms with E-state index in [1.54, 1.807) is 12.1 Å². The van der Waals surface area contributed by atoms with Crippen LogP contribution in [0.2, 0.25) is 0 Å². The van der Waals surface area contributed by atoms with Gasteiger partial charge in [0, 0.05) is 18.0 Å². The molecule has 0 aliphatic carbocycles. The first kappa shape index (κ1) is 13.7. The Kier molecular flexibility index (Phi) is 3.25. The molecule has 1 amide bonds. The number of carbonyl (C=O) groups excluding carboxylic acids is 1. The van der Waals surface area contributed by atoms with Gasteiger partial charge in [0.25, 0.3) is 5.91 Å². The van der Waals surface area contributed by atoms with E-state index in [1.165, 1.54) is 24.4 Å². The largest absolute Gasteiger partial charge is 0.586 e. The van der Waals surface area contributed by atoms with Gasteiger partial charge in [0.15, 0.2) is 11.5 Å². The second kappa shape index (κ2) is 4.96. The molecule has 0 saturated carbocycles. The molecule has 1 aromatic heterocycles. The maximum absolute atomic E-state index is 12.9. The van der Waals surface area contributed by atoms with Crippen LogP contribution in [0.1, 0.15) is 10.4 Å². The number of nitrogens with zero attached hydrogens (tertiary/aromatic N) is 1. The molecule has 0 fully saturated rings. The molecule has 0 saturated heterocycles. The van der Waals surface area contributed by atoms with Gasteiger partial charge < -0.3 is 14.8 Å². The van der Waals surface area contributed by atoms with Crippen LogP contribution >= 0.6 is 15.9 Å². The van der Waals surface area contributed by atoms with Gasteiger partial charge in [-0.05, 0) is 40.2 Å². The SMILES string of the molecule is O=C(Nc1ccc2c(c1)OC(F)(F)O2)c1ccc(Br)nc1. The first-order valence-corrected chi connectivity index (χ1v) is 6.55. The fourth-order valence-corrected chi connectivity index (χ4v) is 1.97. The van der Waals surface area contributed by atoms with E-state index in [9.17, 15) is 13.6 Å². The first-order valence-electron chi connectivity index (χ1n) is 5.76. The normalized spacial score (nSPS) is 14.8. The van der Waals surface area contributed by atoms with Crippen LogP contribution in [0.25, 0.3) is 0 Å². The van der Waals surface area contributed by atoms with Gasteiger partial charge in [-0.2, -0.15) is 0 Å². The van der Waals surface area contributed by atoms with Crippen LogP contribution in [0.15, 0.2) is 41.1 Å². The summed E-state index contributed by atoms with van der Waals surface area (Å²) in [5.41, 5.74) is 0.643. The zero-order valence-electron chi connectivity index (χ0n) is 10.3. The topological polar surface area (TPSA) is 60.5 Å². The molecule has 8 heteroatoms. The molecular weight excluding hydrogens is 350 g/mol. The number of rotatable bonds is 2. The number of halogens is 3. The summed E-state index contributed by atoms with van der Waals surface area (Å²) in [5, 5.41) is 2.56. The summed E-state index contributed by atoms with van der Waals surface area (Å²) in [4.78, 5) is 15.9. The van der Waals surface area contributed by atoms with Crippen molar-refractivity contribution in [1.82, 2.24) is 4.98 Å². The highest BCUT2D eigenvalue weighted by molar-refractivity contribution is 9.10. The quantitative estimate of drug-likeness (QED) is 0.837. The molecule has 0 atom stereocenters. The Bertz CT molecular complexity index is 707. The lowest BCUT2D eigenvalue weighted by Crippen LogP contribution is -2.25. The molecule has 5 nitrogen and oxygen atoms in total. The van der Waals surface area contributed by atoms with Crippen molar-refractivity contribution in [3.05, 3.63) is 46.7 Å². The highest BCUT2D eigenvalue weighted by atomic mass is 79.9. The Balaban J connectivity index is 1.77. The number of ether oxygens (including phenoxy) is 2. The van der Waals surface area contributed by atoms with Gasteiger partial charge in [-0.1, -0.05) is 0 Å². The third kappa shape index (κ3) is 2.94. The van der Waals surface area contributed by atoms with Gasteiger partial charge in [-0.3, -0.25) is 4.79 Å². The third-order valence-corrected chi connectivity index (χ3v) is 3.12. The minimum absolute atomic E-state index is 0.0803. The summed E-state index contributed by atoms with van der Waals surface area (Å²) in [6, 6.07) is 7.20. The number of hydrogen-bond acceptors (Lipinski definition) is 4. The number of aromatic nitrogens is 1. The second-order valence-corrected chi connectivity index (χ2v) is 4.97. The van der Waals surface area contributed by atoms with Crippen molar-refractivity contribution in [3.63, 3.8) is 0 Å². The van der Waals surface area contributed by atoms with Crippen molar-refractivity contribution in [1.29, 1.82) is 0 Å². The van der Waals surface area contributed by atoms with Crippen molar-refractivity contribution in [2.45, 2.75) is 6.29 Å². The molecule has 0 bridgehead atoms. The van der Waals surface area contributed by atoms with Crippen LogP contribution in [-0.4, -0.2) is 17.2 Å². The number of benzene rings is 1. The number of hydrogen-bond donors (Lipinski definition) is 1. The molecule has 2 aromatic rings. The predicted molar refractivity (Wildman–Crippen MR) is 72.5 cm³/mol. The average Bonchev–Trinajstić information content (AvgIpc) is 2.72. The van der Waals surface area contributed by atoms with E-state index < -0.39 is 12.2 Å². The Morgan fingerprint density at radius 1 is 1.19 bits per heavy atom. The van der Waals surface area contributed by atoms with Crippen LogP contribution in [0.3, 0.4) is 0 Å². The number of amides is 1. The van der Waals surface area contributed by atoms with Crippen LogP contribution in [-0.2, 0) is 0 Å². The minimum Gasteiger partial charge on any atom is -0.395 e. The highest BCUT2D eigenvalue weighted by Crippen LogP contribution is 2.42. The lowest BCUT2D eigenvalue weighted by molar-refractivity contribution is -0.286. The van der Waals surface area contributed by atoms with E-state index in [2.05, 4.69) is 35.7 Å². The second-order valence-electron chi connectivity index (χ2n) is 4.15. The Hall–Kier alpha value is -2.22. The zero-order valence-corrected chi connectivity index (χ0v) is 11.9. The van der Waals surface area contributed by atoms with Gasteiger partial charge in [0.05, 0.1) is 5.56 Å².